The van der Waals surface area contributed by atoms with Crippen molar-refractivity contribution in [2.24, 2.45) is 0 Å². The molecule has 0 radical (unpaired) electrons. The van der Waals surface area contributed by atoms with E-state index in [1.54, 1.807) is 18.3 Å². The van der Waals surface area contributed by atoms with Crippen molar-refractivity contribution in [1.29, 1.82) is 0 Å². The number of anilines is 1. The summed E-state index contributed by atoms with van der Waals surface area (Å²) in [6, 6.07) is 3.44. The lowest BCUT2D eigenvalue weighted by atomic mass is 10.2. The minimum absolute atomic E-state index is 0.0317. The highest BCUT2D eigenvalue weighted by Crippen LogP contribution is 2.52. The Morgan fingerprint density at radius 3 is 2.94 bits per heavy atom. The SMILES string of the molecule is CC1(C)OC(COc2cc(N)ccn2)C2(CC2)O1. The zero-order valence-corrected chi connectivity index (χ0v) is 10.7. The lowest BCUT2D eigenvalue weighted by Crippen LogP contribution is -2.30. The van der Waals surface area contributed by atoms with Gasteiger partial charge in [-0.15, -0.1) is 0 Å². The fourth-order valence-electron chi connectivity index (χ4n) is 2.43. The summed E-state index contributed by atoms with van der Waals surface area (Å²) < 4.78 is 17.4. The van der Waals surface area contributed by atoms with Gasteiger partial charge in [0.25, 0.3) is 0 Å². The summed E-state index contributed by atoms with van der Waals surface area (Å²) in [5.74, 6) is 0.00678. The molecule has 1 atom stereocenters. The summed E-state index contributed by atoms with van der Waals surface area (Å²) >= 11 is 0. The zero-order valence-electron chi connectivity index (χ0n) is 10.7. The normalized spacial score (nSPS) is 27.3. The van der Waals surface area contributed by atoms with Crippen LogP contribution in [0.2, 0.25) is 0 Å². The number of nitrogen functional groups attached to an aromatic ring is 1. The minimum Gasteiger partial charge on any atom is -0.475 e. The predicted octanol–water partition coefficient (Wildman–Crippen LogP) is 1.73. The maximum atomic E-state index is 5.92. The summed E-state index contributed by atoms with van der Waals surface area (Å²) in [7, 11) is 0. The highest BCUT2D eigenvalue weighted by atomic mass is 16.8. The molecule has 0 amide bonds. The standard InChI is InChI=1S/C13H18N2O3/c1-12(2)17-10(13(18-12)4-5-13)8-16-11-7-9(14)3-6-15-11/h3,6-7,10H,4-5,8H2,1-2H3,(H2,14,15). The smallest absolute Gasteiger partial charge is 0.215 e. The first kappa shape index (κ1) is 11.7. The molecule has 1 aromatic rings. The van der Waals surface area contributed by atoms with Gasteiger partial charge in [-0.1, -0.05) is 0 Å². The van der Waals surface area contributed by atoms with Gasteiger partial charge in [-0.2, -0.15) is 0 Å². The highest BCUT2D eigenvalue weighted by molar-refractivity contribution is 5.39. The molecule has 3 rings (SSSR count). The molecule has 1 aliphatic carbocycles. The molecule has 1 aliphatic heterocycles. The number of ether oxygens (including phenoxy) is 3. The third-order valence-corrected chi connectivity index (χ3v) is 3.35. The molecule has 1 aromatic heterocycles. The first-order valence-electron chi connectivity index (χ1n) is 6.21. The Balaban J connectivity index is 1.64. The van der Waals surface area contributed by atoms with Crippen LogP contribution >= 0.6 is 0 Å². The van der Waals surface area contributed by atoms with Crippen LogP contribution in [-0.4, -0.2) is 29.1 Å². The highest BCUT2D eigenvalue weighted by Gasteiger charge is 2.61. The molecule has 5 heteroatoms. The van der Waals surface area contributed by atoms with Gasteiger partial charge in [0.2, 0.25) is 5.88 Å². The zero-order chi connectivity index (χ0) is 12.8. The fraction of sp³-hybridized carbons (Fsp3) is 0.615. The van der Waals surface area contributed by atoms with Crippen LogP contribution < -0.4 is 10.5 Å². The summed E-state index contributed by atoms with van der Waals surface area (Å²) in [6.07, 6.45) is 3.67. The second kappa shape index (κ2) is 3.83. The van der Waals surface area contributed by atoms with Crippen LogP contribution in [0.3, 0.4) is 0 Å². The molecular formula is C13H18N2O3. The van der Waals surface area contributed by atoms with Crippen molar-refractivity contribution in [3.05, 3.63) is 18.3 Å². The van der Waals surface area contributed by atoms with Crippen molar-refractivity contribution < 1.29 is 14.2 Å². The van der Waals surface area contributed by atoms with Gasteiger partial charge in [0.05, 0.1) is 0 Å². The third kappa shape index (κ3) is 2.15. The topological polar surface area (TPSA) is 66.6 Å². The van der Waals surface area contributed by atoms with Gasteiger partial charge in [-0.25, -0.2) is 4.98 Å². The third-order valence-electron chi connectivity index (χ3n) is 3.35. The van der Waals surface area contributed by atoms with Crippen molar-refractivity contribution in [3.63, 3.8) is 0 Å². The molecule has 1 saturated carbocycles. The van der Waals surface area contributed by atoms with Crippen LogP contribution in [0.15, 0.2) is 18.3 Å². The van der Waals surface area contributed by atoms with E-state index in [9.17, 15) is 0 Å². The monoisotopic (exact) mass is 250 g/mol. The van der Waals surface area contributed by atoms with Gasteiger partial charge in [-0.05, 0) is 32.8 Å². The molecule has 98 valence electrons. The molecule has 5 nitrogen and oxygen atoms in total. The molecule has 1 saturated heterocycles. The van der Waals surface area contributed by atoms with Gasteiger partial charge in [0.15, 0.2) is 5.79 Å². The number of rotatable bonds is 3. The van der Waals surface area contributed by atoms with Crippen LogP contribution in [0.25, 0.3) is 0 Å². The van der Waals surface area contributed by atoms with Gasteiger partial charge >= 0.3 is 0 Å². The van der Waals surface area contributed by atoms with Crippen molar-refractivity contribution in [2.75, 3.05) is 12.3 Å². The predicted molar refractivity (Wildman–Crippen MR) is 66.1 cm³/mol. The van der Waals surface area contributed by atoms with Gasteiger partial charge in [0, 0.05) is 18.0 Å². The molecule has 2 heterocycles. The van der Waals surface area contributed by atoms with Gasteiger partial charge < -0.3 is 19.9 Å². The quantitative estimate of drug-likeness (QED) is 0.884. The molecule has 2 fully saturated rings. The van der Waals surface area contributed by atoms with Gasteiger partial charge in [-0.3, -0.25) is 0 Å². The number of hydrogen-bond donors (Lipinski definition) is 1. The summed E-state index contributed by atoms with van der Waals surface area (Å²) in [4.78, 5) is 4.11. The fourth-order valence-corrected chi connectivity index (χ4v) is 2.43. The first-order chi connectivity index (χ1) is 8.49. The Labute approximate surface area is 106 Å². The Morgan fingerprint density at radius 2 is 2.28 bits per heavy atom. The van der Waals surface area contributed by atoms with E-state index in [4.69, 9.17) is 19.9 Å². The number of hydrogen-bond acceptors (Lipinski definition) is 5. The largest absolute Gasteiger partial charge is 0.475 e. The van der Waals surface area contributed by atoms with E-state index in [1.165, 1.54) is 0 Å². The molecule has 2 N–H and O–H groups in total. The number of nitrogens with two attached hydrogens (primary N) is 1. The molecular weight excluding hydrogens is 232 g/mol. The van der Waals surface area contributed by atoms with Crippen LogP contribution in [0, 0.1) is 0 Å². The summed E-state index contributed by atoms with van der Waals surface area (Å²) in [5.41, 5.74) is 6.18. The van der Waals surface area contributed by atoms with E-state index >= 15 is 0 Å². The molecule has 1 unspecified atom stereocenters. The van der Waals surface area contributed by atoms with Crippen LogP contribution in [0.5, 0.6) is 5.88 Å². The van der Waals surface area contributed by atoms with E-state index in [0.717, 1.165) is 12.8 Å². The first-order valence-corrected chi connectivity index (χ1v) is 6.21. The lowest BCUT2D eigenvalue weighted by Gasteiger charge is -2.17. The van der Waals surface area contributed by atoms with E-state index in [-0.39, 0.29) is 11.7 Å². The lowest BCUT2D eigenvalue weighted by molar-refractivity contribution is -0.151. The molecule has 2 aliphatic rings. The number of aromatic nitrogens is 1. The average molecular weight is 250 g/mol. The average Bonchev–Trinajstić information content (AvgIpc) is 2.98. The second-order valence-corrected chi connectivity index (χ2v) is 5.41. The van der Waals surface area contributed by atoms with E-state index in [2.05, 4.69) is 4.98 Å². The molecule has 1 spiro atoms. The maximum absolute atomic E-state index is 5.92. The second-order valence-electron chi connectivity index (χ2n) is 5.41. The number of nitrogens with zero attached hydrogens (tertiary/aromatic N) is 1. The van der Waals surface area contributed by atoms with Crippen molar-refractivity contribution >= 4 is 5.69 Å². The Morgan fingerprint density at radius 1 is 1.50 bits per heavy atom. The Hall–Kier alpha value is -1.33. The van der Waals surface area contributed by atoms with E-state index < -0.39 is 5.79 Å². The Kier molecular flexibility index (Phi) is 2.50. The molecule has 0 aromatic carbocycles. The van der Waals surface area contributed by atoms with Crippen LogP contribution in [-0.2, 0) is 9.47 Å². The Bertz CT molecular complexity index is 457. The van der Waals surface area contributed by atoms with Gasteiger partial charge in [0.1, 0.15) is 18.3 Å². The van der Waals surface area contributed by atoms with Crippen LogP contribution in [0.1, 0.15) is 26.7 Å². The minimum atomic E-state index is -0.520. The van der Waals surface area contributed by atoms with Crippen LogP contribution in [0.4, 0.5) is 5.69 Å². The molecule has 18 heavy (non-hydrogen) atoms. The van der Waals surface area contributed by atoms with E-state index in [0.29, 0.717) is 18.2 Å². The van der Waals surface area contributed by atoms with Crippen molar-refractivity contribution in [3.8, 4) is 5.88 Å². The van der Waals surface area contributed by atoms with E-state index in [1.807, 2.05) is 13.8 Å². The van der Waals surface area contributed by atoms with Crippen molar-refractivity contribution in [2.45, 2.75) is 44.2 Å². The van der Waals surface area contributed by atoms with Crippen molar-refractivity contribution in [1.82, 2.24) is 4.98 Å². The summed E-state index contributed by atoms with van der Waals surface area (Å²) in [5, 5.41) is 0. The molecule has 0 bridgehead atoms. The summed E-state index contributed by atoms with van der Waals surface area (Å²) in [6.45, 7) is 4.32. The number of pyridine rings is 1. The maximum Gasteiger partial charge on any atom is 0.215 e.